The van der Waals surface area contributed by atoms with Gasteiger partial charge in [-0.25, -0.2) is 0 Å². The van der Waals surface area contributed by atoms with E-state index in [1.807, 2.05) is 0 Å². The standard InChI is InChI=1S/C3H5Br/c1-2-3-4/h2H,1,3H2/i3D. The van der Waals surface area contributed by atoms with Gasteiger partial charge >= 0.3 is 0 Å². The van der Waals surface area contributed by atoms with E-state index in [0.29, 0.717) is 0 Å². The number of alkyl halides is 1. The van der Waals surface area contributed by atoms with Gasteiger partial charge in [0, 0.05) is 6.68 Å². The van der Waals surface area contributed by atoms with Crippen molar-refractivity contribution in [1.82, 2.24) is 0 Å². The zero-order valence-corrected chi connectivity index (χ0v) is 3.83. The molecular formula is C3H5Br. The van der Waals surface area contributed by atoms with Crippen molar-refractivity contribution < 1.29 is 1.37 Å². The van der Waals surface area contributed by atoms with Crippen LogP contribution < -0.4 is 0 Å². The third kappa shape index (κ3) is 2.22. The summed E-state index contributed by atoms with van der Waals surface area (Å²) in [6.45, 7) is 3.33. The Balaban J connectivity index is 2.83. The number of hydrogen-bond acceptors (Lipinski definition) is 0. The molecule has 1 atom stereocenters. The van der Waals surface area contributed by atoms with E-state index in [0.717, 1.165) is 0 Å². The Labute approximate surface area is 36.1 Å². The molecule has 0 radical (unpaired) electrons. The van der Waals surface area contributed by atoms with Crippen LogP contribution in [0.15, 0.2) is 12.7 Å². The van der Waals surface area contributed by atoms with Crippen molar-refractivity contribution in [3.8, 4) is 0 Å². The molecule has 0 rings (SSSR count). The summed E-state index contributed by atoms with van der Waals surface area (Å²) < 4.78 is 6.62. The summed E-state index contributed by atoms with van der Waals surface area (Å²) in [6.07, 6.45) is 1.50. The maximum Gasteiger partial charge on any atom is 0.0430 e. The van der Waals surface area contributed by atoms with E-state index < -0.39 is 0 Å². The van der Waals surface area contributed by atoms with E-state index in [9.17, 15) is 0 Å². The van der Waals surface area contributed by atoms with Crippen LogP contribution in [0.2, 0.25) is 0 Å². The lowest BCUT2D eigenvalue weighted by molar-refractivity contribution is 1.87. The molecule has 1 unspecified atom stereocenters. The van der Waals surface area contributed by atoms with Crippen LogP contribution in [0.4, 0.5) is 0 Å². The average Bonchev–Trinajstić information content (AvgIpc) is 1.38. The minimum Gasteiger partial charge on any atom is -0.102 e. The van der Waals surface area contributed by atoms with Crippen molar-refractivity contribution in [3.63, 3.8) is 0 Å². The zero-order valence-electron chi connectivity index (χ0n) is 3.24. The number of hydrogen-bond donors (Lipinski definition) is 0. The third-order valence-corrected chi connectivity index (χ3v) is 0.463. The summed E-state index contributed by atoms with van der Waals surface area (Å²) in [4.78, 5) is 0. The molecule has 4 heavy (non-hydrogen) atoms. The molecule has 0 fully saturated rings. The lowest BCUT2D eigenvalue weighted by Crippen LogP contribution is -1.43. The van der Waals surface area contributed by atoms with E-state index in [1.54, 1.807) is 0 Å². The van der Waals surface area contributed by atoms with E-state index in [1.165, 1.54) is 6.08 Å². The molecule has 0 N–H and O–H groups in total. The zero-order chi connectivity index (χ0) is 4.28. The van der Waals surface area contributed by atoms with Crippen LogP contribution in [0.5, 0.6) is 0 Å². The monoisotopic (exact) mass is 121 g/mol. The number of halogens is 1. The van der Waals surface area contributed by atoms with Crippen molar-refractivity contribution in [2.24, 2.45) is 0 Å². The first-order chi connectivity index (χ1) is 2.27. The van der Waals surface area contributed by atoms with Gasteiger partial charge in [0.2, 0.25) is 0 Å². The smallest absolute Gasteiger partial charge is 0.0430 e. The highest BCUT2D eigenvalue weighted by molar-refractivity contribution is 9.09. The molecule has 0 bridgehead atoms. The molecule has 0 aliphatic heterocycles. The molecule has 0 aromatic heterocycles. The maximum atomic E-state index is 6.62. The van der Waals surface area contributed by atoms with Gasteiger partial charge in [0.25, 0.3) is 0 Å². The molecule has 0 amide bonds. The lowest BCUT2D eigenvalue weighted by atomic mass is 10.8. The molecule has 0 saturated carbocycles. The van der Waals surface area contributed by atoms with Gasteiger partial charge in [-0.2, -0.15) is 0 Å². The topological polar surface area (TPSA) is 0 Å². The fourth-order valence-electron chi connectivity index (χ4n) is 0. The average molecular weight is 122 g/mol. The number of allylic oxidation sites excluding steroid dienone is 1. The molecular weight excluding hydrogens is 116 g/mol. The van der Waals surface area contributed by atoms with Gasteiger partial charge in [-0.1, -0.05) is 22.0 Å². The Bertz CT molecular complexity index is 33.9. The molecule has 1 heteroatoms. The van der Waals surface area contributed by atoms with Crippen molar-refractivity contribution in [3.05, 3.63) is 12.7 Å². The van der Waals surface area contributed by atoms with Crippen molar-refractivity contribution in [2.45, 2.75) is 0 Å². The highest BCUT2D eigenvalue weighted by Gasteiger charge is 1.47. The molecule has 0 aliphatic carbocycles. The summed E-state index contributed by atoms with van der Waals surface area (Å²) >= 11 is 2.92. The van der Waals surface area contributed by atoms with E-state index in [4.69, 9.17) is 1.37 Å². The summed E-state index contributed by atoms with van der Waals surface area (Å²) in [5.41, 5.74) is 0. The summed E-state index contributed by atoms with van der Waals surface area (Å²) in [5.74, 6) is 0. The molecule has 24 valence electrons. The fraction of sp³-hybridized carbons (Fsp3) is 0.333. The predicted molar refractivity (Wildman–Crippen MR) is 24.0 cm³/mol. The molecule has 0 aromatic carbocycles. The fourth-order valence-corrected chi connectivity index (χ4v) is 0. The van der Waals surface area contributed by atoms with Crippen LogP contribution >= 0.6 is 15.9 Å². The van der Waals surface area contributed by atoms with Gasteiger partial charge in [0.05, 0.1) is 0 Å². The Hall–Kier alpha value is 0.220. The molecule has 0 saturated heterocycles. The second-order valence-electron chi connectivity index (χ2n) is 0.362. The highest BCUT2D eigenvalue weighted by atomic mass is 79.9. The quantitative estimate of drug-likeness (QED) is 0.365. The summed E-state index contributed by atoms with van der Waals surface area (Å²) in [5, 5.41) is -0.289. The Morgan fingerprint density at radius 2 is 2.75 bits per heavy atom. The van der Waals surface area contributed by atoms with Crippen LogP contribution in [-0.4, -0.2) is 5.31 Å². The number of rotatable bonds is 1. The molecule has 0 aliphatic rings. The van der Waals surface area contributed by atoms with Crippen molar-refractivity contribution in [1.29, 1.82) is 0 Å². The Morgan fingerprint density at radius 1 is 2.50 bits per heavy atom. The van der Waals surface area contributed by atoms with Crippen LogP contribution in [-0.2, 0) is 0 Å². The van der Waals surface area contributed by atoms with Gasteiger partial charge in [0.15, 0.2) is 0 Å². The third-order valence-electron chi connectivity index (χ3n) is 0.0891. The van der Waals surface area contributed by atoms with Crippen LogP contribution in [0.1, 0.15) is 1.37 Å². The Kier molecular flexibility index (Phi) is 1.98. The van der Waals surface area contributed by atoms with E-state index in [-0.39, 0.29) is 5.31 Å². The Morgan fingerprint density at radius 3 is 2.75 bits per heavy atom. The second kappa shape index (κ2) is 3.22. The van der Waals surface area contributed by atoms with E-state index >= 15 is 0 Å². The minimum atomic E-state index is -0.289. The van der Waals surface area contributed by atoms with Gasteiger partial charge in [0.1, 0.15) is 0 Å². The normalized spacial score (nSPS) is 17.8. The van der Waals surface area contributed by atoms with Gasteiger partial charge in [-0.3, -0.25) is 0 Å². The van der Waals surface area contributed by atoms with Crippen molar-refractivity contribution in [2.75, 3.05) is 5.31 Å². The maximum absolute atomic E-state index is 6.62. The van der Waals surface area contributed by atoms with Gasteiger partial charge < -0.3 is 0 Å². The van der Waals surface area contributed by atoms with Gasteiger partial charge in [-0.05, 0) is 0 Å². The first-order valence-electron chi connectivity index (χ1n) is 1.54. The SMILES string of the molecule is [2H]C(Br)C=C. The molecule has 0 nitrogen and oxygen atoms in total. The van der Waals surface area contributed by atoms with Gasteiger partial charge in [-0.15, -0.1) is 6.58 Å². The minimum absolute atomic E-state index is 0.289. The molecule has 0 aromatic rings. The van der Waals surface area contributed by atoms with Crippen LogP contribution in [0, 0.1) is 0 Å². The first kappa shape index (κ1) is 2.46. The van der Waals surface area contributed by atoms with E-state index in [2.05, 4.69) is 22.5 Å². The highest BCUT2D eigenvalue weighted by Crippen LogP contribution is 1.73. The van der Waals surface area contributed by atoms with Crippen LogP contribution in [0.3, 0.4) is 0 Å². The largest absolute Gasteiger partial charge is 0.102 e. The van der Waals surface area contributed by atoms with Crippen LogP contribution in [0.25, 0.3) is 0 Å². The first-order valence-corrected chi connectivity index (χ1v) is 1.88. The summed E-state index contributed by atoms with van der Waals surface area (Å²) in [6, 6.07) is 0. The van der Waals surface area contributed by atoms with Crippen molar-refractivity contribution >= 4 is 15.9 Å². The second-order valence-corrected chi connectivity index (χ2v) is 0.890. The lowest BCUT2D eigenvalue weighted by Gasteiger charge is -1.55. The summed E-state index contributed by atoms with van der Waals surface area (Å²) in [7, 11) is 0. The molecule has 0 spiro atoms. The predicted octanol–water partition coefficient (Wildman–Crippen LogP) is 1.57. The molecule has 0 heterocycles.